The molecule has 1 aliphatic rings. The molecule has 0 aromatic heterocycles. The molecule has 10 heteroatoms. The third-order valence-electron chi connectivity index (χ3n) is 3.56. The maximum atomic E-state index is 11.6. The van der Waals surface area contributed by atoms with Gasteiger partial charge in [-0.1, -0.05) is 12.2 Å². The second-order valence-corrected chi connectivity index (χ2v) is 5.15. The molecule has 0 aromatic carbocycles. The van der Waals surface area contributed by atoms with E-state index in [1.54, 1.807) is 0 Å². The topological polar surface area (TPSA) is 155 Å². The summed E-state index contributed by atoms with van der Waals surface area (Å²) in [5, 5.41) is 40.4. The summed E-state index contributed by atoms with van der Waals surface area (Å²) in [6, 6.07) is 0. The number of ether oxygens (including phenoxy) is 3. The molecule has 1 fully saturated rings. The van der Waals surface area contributed by atoms with Gasteiger partial charge in [0.05, 0.1) is 20.3 Å². The van der Waals surface area contributed by atoms with Crippen LogP contribution in [0.5, 0.6) is 0 Å². The fourth-order valence-corrected chi connectivity index (χ4v) is 2.12. The Balaban J connectivity index is 2.52. The second-order valence-electron chi connectivity index (χ2n) is 5.15. The molecule has 0 bridgehead atoms. The highest BCUT2D eigenvalue weighted by atomic mass is 16.7. The molecule has 1 aliphatic heterocycles. The van der Waals surface area contributed by atoms with Crippen LogP contribution in [0.2, 0.25) is 0 Å². The Bertz CT molecular complexity index is 451. The summed E-state index contributed by atoms with van der Waals surface area (Å²) in [5.41, 5.74) is -2.36. The van der Waals surface area contributed by atoms with E-state index < -0.39 is 48.7 Å². The average Bonchev–Trinajstić information content (AvgIpc) is 2.87. The molecular weight excluding hydrogens is 326 g/mol. The van der Waals surface area contributed by atoms with Gasteiger partial charge < -0.3 is 40.0 Å². The second kappa shape index (κ2) is 9.06. The lowest BCUT2D eigenvalue weighted by Gasteiger charge is -2.21. The van der Waals surface area contributed by atoms with Gasteiger partial charge in [-0.25, -0.2) is 4.79 Å². The normalized spacial score (nSPS) is 29.4. The maximum absolute atomic E-state index is 11.6. The first-order valence-corrected chi connectivity index (χ1v) is 7.23. The Labute approximate surface area is 138 Å². The van der Waals surface area contributed by atoms with E-state index in [9.17, 15) is 24.9 Å². The molecule has 0 aromatic rings. The predicted molar refractivity (Wildman–Crippen MR) is 78.5 cm³/mol. The minimum Gasteiger partial charge on any atom is -0.466 e. The van der Waals surface area contributed by atoms with Gasteiger partial charge in [0.25, 0.3) is 5.91 Å². The number of hydrogen-bond acceptors (Lipinski definition) is 9. The van der Waals surface area contributed by atoms with E-state index in [0.29, 0.717) is 0 Å². The fraction of sp³-hybridized carbons (Fsp3) is 0.714. The first-order chi connectivity index (χ1) is 11.3. The lowest BCUT2D eigenvalue weighted by atomic mass is 9.98. The number of methoxy groups -OCH3 is 1. The highest BCUT2D eigenvalue weighted by Crippen LogP contribution is 2.22. The van der Waals surface area contributed by atoms with Crippen LogP contribution in [0.3, 0.4) is 0 Å². The summed E-state index contributed by atoms with van der Waals surface area (Å²) in [4.78, 5) is 23.2. The van der Waals surface area contributed by atoms with E-state index in [4.69, 9.17) is 14.6 Å². The van der Waals surface area contributed by atoms with Gasteiger partial charge in [0.1, 0.15) is 18.3 Å². The highest BCUT2D eigenvalue weighted by molar-refractivity contribution is 6.05. The summed E-state index contributed by atoms with van der Waals surface area (Å²) in [6.07, 6.45) is -2.26. The van der Waals surface area contributed by atoms with Crippen molar-refractivity contribution in [1.82, 2.24) is 5.32 Å². The number of carbonyl (C=O) groups is 2. The molecule has 0 spiro atoms. The molecule has 4 unspecified atom stereocenters. The van der Waals surface area contributed by atoms with Gasteiger partial charge in [-0.2, -0.15) is 0 Å². The Morgan fingerprint density at radius 1 is 1.29 bits per heavy atom. The smallest absolute Gasteiger partial charge is 0.348 e. The van der Waals surface area contributed by atoms with Crippen LogP contribution in [0.25, 0.3) is 0 Å². The quantitative estimate of drug-likeness (QED) is 0.176. The molecule has 138 valence electrons. The molecule has 1 heterocycles. The van der Waals surface area contributed by atoms with E-state index in [1.165, 1.54) is 19.2 Å². The van der Waals surface area contributed by atoms with Gasteiger partial charge in [-0.3, -0.25) is 4.79 Å². The zero-order chi connectivity index (χ0) is 18.3. The van der Waals surface area contributed by atoms with Gasteiger partial charge in [0.2, 0.25) is 5.60 Å². The van der Waals surface area contributed by atoms with E-state index in [1.807, 2.05) is 0 Å². The molecule has 0 saturated carbocycles. The van der Waals surface area contributed by atoms with Crippen molar-refractivity contribution < 1.29 is 44.2 Å². The fourth-order valence-electron chi connectivity index (χ4n) is 2.12. The summed E-state index contributed by atoms with van der Waals surface area (Å²) < 4.78 is 14.7. The zero-order valence-corrected chi connectivity index (χ0v) is 13.4. The van der Waals surface area contributed by atoms with Crippen LogP contribution in [0.15, 0.2) is 12.2 Å². The number of likely N-dealkylation sites (N-methyl/N-ethyl adjacent to an activating group) is 1. The van der Waals surface area contributed by atoms with Crippen LogP contribution >= 0.6 is 0 Å². The number of nitrogens with one attached hydrogen (secondary N) is 1. The highest BCUT2D eigenvalue weighted by Gasteiger charge is 2.44. The molecular formula is C14H23NO9. The minimum atomic E-state index is -2.36. The molecule has 10 nitrogen and oxygen atoms in total. The molecule has 24 heavy (non-hydrogen) atoms. The predicted octanol–water partition coefficient (Wildman–Crippen LogP) is -2.96. The van der Waals surface area contributed by atoms with Crippen LogP contribution in [0.4, 0.5) is 0 Å². The van der Waals surface area contributed by atoms with Gasteiger partial charge >= 0.3 is 5.97 Å². The number of aliphatic hydroxyl groups excluding tert-OH is 3. The lowest BCUT2D eigenvalue weighted by molar-refractivity contribution is -0.168. The number of hydrogen-bond donors (Lipinski definition) is 5. The van der Waals surface area contributed by atoms with Crippen molar-refractivity contribution in [2.75, 3.05) is 27.4 Å². The zero-order valence-electron chi connectivity index (χ0n) is 13.4. The van der Waals surface area contributed by atoms with Crippen LogP contribution in [-0.2, 0) is 23.8 Å². The van der Waals surface area contributed by atoms with Crippen molar-refractivity contribution in [1.29, 1.82) is 0 Å². The first-order valence-electron chi connectivity index (χ1n) is 7.23. The summed E-state index contributed by atoms with van der Waals surface area (Å²) in [5.74, 6) is -2.01. The Kier molecular flexibility index (Phi) is 7.73. The van der Waals surface area contributed by atoms with Gasteiger partial charge in [-0.15, -0.1) is 0 Å². The Morgan fingerprint density at radius 3 is 2.46 bits per heavy atom. The molecule has 1 amide bonds. The van der Waals surface area contributed by atoms with Gasteiger partial charge in [-0.05, 0) is 0 Å². The Morgan fingerprint density at radius 2 is 1.96 bits per heavy atom. The maximum Gasteiger partial charge on any atom is 0.348 e. The van der Waals surface area contributed by atoms with Crippen molar-refractivity contribution in [2.24, 2.45) is 0 Å². The number of rotatable bonds is 8. The summed E-state index contributed by atoms with van der Waals surface area (Å²) >= 11 is 0. The molecule has 0 aliphatic carbocycles. The number of amides is 1. The standard InChI is InChI=1S/C14H23NO9/c1-15-12(19)14(21,13(20)22-2)5-3-4-6-23-11-10(18)9(17)8(7-16)24-11/h3-4,8-11,16-18,21H,5-7H2,1-2H3,(H,15,19)/b4-3+/t8?,9?,10?,11?,14-/m0/s1. The van der Waals surface area contributed by atoms with Crippen molar-refractivity contribution in [3.8, 4) is 0 Å². The molecule has 0 radical (unpaired) electrons. The number of aliphatic hydroxyl groups is 4. The van der Waals surface area contributed by atoms with Gasteiger partial charge in [0, 0.05) is 13.5 Å². The summed E-state index contributed by atoms with van der Waals surface area (Å²) in [7, 11) is 2.32. The largest absolute Gasteiger partial charge is 0.466 e. The third-order valence-corrected chi connectivity index (χ3v) is 3.56. The minimum absolute atomic E-state index is 0.0857. The SMILES string of the molecule is CNC(=O)[C@@](O)(C/C=C/COC1OC(CO)C(O)C1O)C(=O)OC. The molecule has 5 atom stereocenters. The van der Waals surface area contributed by atoms with E-state index in [-0.39, 0.29) is 13.0 Å². The lowest BCUT2D eigenvalue weighted by Crippen LogP contribution is -2.52. The first kappa shape index (κ1) is 20.5. The Hall–Kier alpha value is -1.56. The van der Waals surface area contributed by atoms with Crippen molar-refractivity contribution >= 4 is 11.9 Å². The van der Waals surface area contributed by atoms with Crippen molar-refractivity contribution in [2.45, 2.75) is 36.6 Å². The third kappa shape index (κ3) is 4.50. The summed E-state index contributed by atoms with van der Waals surface area (Å²) in [6.45, 7) is -0.552. The van der Waals surface area contributed by atoms with Crippen LogP contribution in [-0.4, -0.2) is 89.9 Å². The van der Waals surface area contributed by atoms with E-state index in [2.05, 4.69) is 10.1 Å². The molecule has 5 N–H and O–H groups in total. The number of esters is 1. The monoisotopic (exact) mass is 349 g/mol. The van der Waals surface area contributed by atoms with Crippen LogP contribution < -0.4 is 5.32 Å². The van der Waals surface area contributed by atoms with Crippen LogP contribution in [0, 0.1) is 0 Å². The van der Waals surface area contributed by atoms with Crippen LogP contribution in [0.1, 0.15) is 6.42 Å². The average molecular weight is 349 g/mol. The van der Waals surface area contributed by atoms with Crippen molar-refractivity contribution in [3.63, 3.8) is 0 Å². The van der Waals surface area contributed by atoms with E-state index >= 15 is 0 Å². The van der Waals surface area contributed by atoms with Gasteiger partial charge in [0.15, 0.2) is 6.29 Å². The van der Waals surface area contributed by atoms with Crippen molar-refractivity contribution in [3.05, 3.63) is 12.2 Å². The molecule has 1 saturated heterocycles. The number of carbonyl (C=O) groups excluding carboxylic acids is 2. The molecule has 1 rings (SSSR count). The van der Waals surface area contributed by atoms with E-state index in [0.717, 1.165) is 7.11 Å².